The molecule has 0 heterocycles. The van der Waals surface area contributed by atoms with Crippen molar-refractivity contribution in [2.45, 2.75) is 19.3 Å². The summed E-state index contributed by atoms with van der Waals surface area (Å²) < 4.78 is 87.2. The Morgan fingerprint density at radius 2 is 0.939 bits per heavy atom. The molecule has 0 amide bonds. The summed E-state index contributed by atoms with van der Waals surface area (Å²) in [5.41, 5.74) is 7.37. The van der Waals surface area contributed by atoms with Crippen LogP contribution in [0.25, 0.3) is 87.6 Å². The Labute approximate surface area is 301 Å². The molecule has 0 saturated heterocycles. The lowest BCUT2D eigenvalue weighted by Gasteiger charge is -2.35. The standard InChI is InChI=1S/C49H34/c1-49(2)43-25-12-11-19-35(43)40-28-29-41(38-24-14-26-44(49)46(38)40)47-39-21-10-9-20-37(39)45(32-17-7-4-8-18-32)42-30-27-34-33(31-15-5-3-6-16-31)22-13-23-36(34)48(42)47/h3-30H,1-2H3/i3D,4D,5D,6D,7D,8D,15D,16D,17D,18D. The molecular weight excluding hydrogens is 589 g/mol. The minimum atomic E-state index is -0.476. The Bertz CT molecular complexity index is 3310. The highest BCUT2D eigenvalue weighted by molar-refractivity contribution is 6.30. The lowest BCUT2D eigenvalue weighted by Crippen LogP contribution is -2.23. The minimum Gasteiger partial charge on any atom is -0.0622 e. The summed E-state index contributed by atoms with van der Waals surface area (Å²) in [4.78, 5) is 0. The number of rotatable bonds is 3. The smallest absolute Gasteiger partial charge is 0.0622 e. The molecule has 0 aromatic heterocycles. The molecule has 0 aliphatic heterocycles. The summed E-state index contributed by atoms with van der Waals surface area (Å²) in [6.45, 7) is 4.51. The third-order valence-electron chi connectivity index (χ3n) is 10.4. The van der Waals surface area contributed by atoms with Gasteiger partial charge in [-0.25, -0.2) is 0 Å². The Morgan fingerprint density at radius 1 is 0.367 bits per heavy atom. The van der Waals surface area contributed by atoms with E-state index in [1.54, 1.807) is 6.07 Å². The molecule has 10 rings (SSSR count). The van der Waals surface area contributed by atoms with Crippen molar-refractivity contribution in [3.05, 3.63) is 181 Å². The first kappa shape index (κ1) is 19.7. The first-order valence-corrected chi connectivity index (χ1v) is 16.5. The number of benzene rings is 9. The molecule has 0 radical (unpaired) electrons. The van der Waals surface area contributed by atoms with E-state index in [-0.39, 0.29) is 40.7 Å². The highest BCUT2D eigenvalue weighted by Gasteiger charge is 2.34. The zero-order valence-electron chi connectivity index (χ0n) is 36.9. The van der Waals surface area contributed by atoms with E-state index in [0.29, 0.717) is 32.7 Å². The molecule has 0 nitrogen and oxygen atoms in total. The van der Waals surface area contributed by atoms with Crippen LogP contribution in [0.1, 0.15) is 38.7 Å². The molecule has 0 N–H and O–H groups in total. The highest BCUT2D eigenvalue weighted by atomic mass is 14.4. The fourth-order valence-electron chi connectivity index (χ4n) is 8.34. The third-order valence-corrected chi connectivity index (χ3v) is 10.4. The fourth-order valence-corrected chi connectivity index (χ4v) is 8.34. The number of hydrogen-bond acceptors (Lipinski definition) is 0. The van der Waals surface area contributed by atoms with Crippen LogP contribution in [0.3, 0.4) is 0 Å². The fraction of sp³-hybridized carbons (Fsp3) is 0.0612. The van der Waals surface area contributed by atoms with Gasteiger partial charge in [0.05, 0.1) is 13.7 Å². The van der Waals surface area contributed by atoms with Gasteiger partial charge in [-0.05, 0) is 98.7 Å². The van der Waals surface area contributed by atoms with E-state index in [9.17, 15) is 0 Å². The molecule has 9 aromatic carbocycles. The molecule has 1 aliphatic carbocycles. The van der Waals surface area contributed by atoms with Crippen molar-refractivity contribution in [1.29, 1.82) is 0 Å². The van der Waals surface area contributed by atoms with E-state index in [4.69, 9.17) is 13.7 Å². The summed E-state index contributed by atoms with van der Waals surface area (Å²) in [5.74, 6) is 0. The molecule has 0 spiro atoms. The van der Waals surface area contributed by atoms with Crippen LogP contribution in [-0.4, -0.2) is 0 Å². The largest absolute Gasteiger partial charge is 0.0629 e. The van der Waals surface area contributed by atoms with Gasteiger partial charge in [0.15, 0.2) is 0 Å². The quantitative estimate of drug-likeness (QED) is 0.134. The van der Waals surface area contributed by atoms with E-state index in [2.05, 4.69) is 68.4 Å². The Kier molecular flexibility index (Phi) is 4.24. The lowest BCUT2D eigenvalue weighted by molar-refractivity contribution is 0.645. The van der Waals surface area contributed by atoms with E-state index >= 15 is 0 Å². The minimum absolute atomic E-state index is 0.0802. The Morgan fingerprint density at radius 3 is 1.73 bits per heavy atom. The molecule has 0 atom stereocenters. The highest BCUT2D eigenvalue weighted by Crippen LogP contribution is 2.53. The zero-order chi connectivity index (χ0) is 41.4. The first-order chi connectivity index (χ1) is 28.2. The maximum Gasteiger partial charge on any atom is 0.0629 e. The second-order valence-electron chi connectivity index (χ2n) is 13.2. The molecular formula is C49H34. The predicted octanol–water partition coefficient (Wildman–Crippen LogP) is 13.6. The zero-order valence-corrected chi connectivity index (χ0v) is 26.9. The van der Waals surface area contributed by atoms with Crippen LogP contribution >= 0.6 is 0 Å². The van der Waals surface area contributed by atoms with Crippen molar-refractivity contribution < 1.29 is 13.7 Å². The predicted molar refractivity (Wildman–Crippen MR) is 210 cm³/mol. The number of hydrogen-bond donors (Lipinski definition) is 0. The van der Waals surface area contributed by atoms with Crippen LogP contribution in [0.15, 0.2) is 170 Å². The monoisotopic (exact) mass is 632 g/mol. The van der Waals surface area contributed by atoms with Crippen molar-refractivity contribution in [3.63, 3.8) is 0 Å². The second-order valence-corrected chi connectivity index (χ2v) is 13.2. The van der Waals surface area contributed by atoms with Gasteiger partial charge in [0.2, 0.25) is 0 Å². The second kappa shape index (κ2) is 10.5. The molecule has 0 bridgehead atoms. The van der Waals surface area contributed by atoms with E-state index in [1.807, 2.05) is 48.5 Å². The summed E-state index contributed by atoms with van der Waals surface area (Å²) in [7, 11) is 0. The lowest BCUT2D eigenvalue weighted by atomic mass is 9.68. The van der Waals surface area contributed by atoms with Crippen molar-refractivity contribution >= 4 is 43.1 Å². The van der Waals surface area contributed by atoms with Crippen LogP contribution in [0, 0.1) is 0 Å². The average molecular weight is 633 g/mol. The molecule has 0 unspecified atom stereocenters. The molecule has 9 aromatic rings. The van der Waals surface area contributed by atoms with Crippen LogP contribution in [-0.2, 0) is 5.41 Å². The van der Waals surface area contributed by atoms with Crippen molar-refractivity contribution in [1.82, 2.24) is 0 Å². The molecule has 49 heavy (non-hydrogen) atoms. The van der Waals surface area contributed by atoms with Crippen LogP contribution in [0.4, 0.5) is 0 Å². The van der Waals surface area contributed by atoms with Gasteiger partial charge in [0.25, 0.3) is 0 Å². The van der Waals surface area contributed by atoms with E-state index < -0.39 is 36.3 Å². The summed E-state index contributed by atoms with van der Waals surface area (Å²) in [6, 6.07) is 32.4. The normalized spacial score (nSPS) is 16.1. The summed E-state index contributed by atoms with van der Waals surface area (Å²) in [5, 5.41) is 6.43. The van der Waals surface area contributed by atoms with Crippen molar-refractivity contribution in [3.8, 4) is 44.5 Å². The molecule has 0 heteroatoms. The topological polar surface area (TPSA) is 0 Å². The van der Waals surface area contributed by atoms with E-state index in [1.165, 1.54) is 16.7 Å². The Balaban J connectivity index is 1.44. The van der Waals surface area contributed by atoms with Crippen LogP contribution in [0.2, 0.25) is 0 Å². The number of fused-ring (bicyclic) bond motifs is 6. The van der Waals surface area contributed by atoms with Crippen LogP contribution in [0.5, 0.6) is 0 Å². The maximum absolute atomic E-state index is 9.17. The average Bonchev–Trinajstić information content (AvgIpc) is 3.25. The molecule has 0 saturated carbocycles. The van der Waals surface area contributed by atoms with Gasteiger partial charge in [-0.15, -0.1) is 0 Å². The first-order valence-electron chi connectivity index (χ1n) is 21.5. The van der Waals surface area contributed by atoms with Gasteiger partial charge in [-0.2, -0.15) is 0 Å². The third kappa shape index (κ3) is 3.98. The van der Waals surface area contributed by atoms with Crippen molar-refractivity contribution in [2.24, 2.45) is 0 Å². The summed E-state index contributed by atoms with van der Waals surface area (Å²) >= 11 is 0. The maximum atomic E-state index is 9.17. The van der Waals surface area contributed by atoms with Gasteiger partial charge in [-0.1, -0.05) is 183 Å². The molecule has 0 fully saturated rings. The van der Waals surface area contributed by atoms with E-state index in [0.717, 1.165) is 38.2 Å². The van der Waals surface area contributed by atoms with Crippen LogP contribution < -0.4 is 0 Å². The molecule has 230 valence electrons. The SMILES string of the molecule is [2H]c1c([2H])c([2H])c(-c2cccc3c2ccc2c(-c4c([2H])c([2H])c([2H])c([2H])c4[2H])c4ccccc4c(-c4ccc5c6c(cccc46)C(C)(C)c4ccccc4-5)c23)c([2H])c1[2H]. The van der Waals surface area contributed by atoms with Gasteiger partial charge < -0.3 is 0 Å². The summed E-state index contributed by atoms with van der Waals surface area (Å²) in [6.07, 6.45) is 0. The molecule has 1 aliphatic rings. The van der Waals surface area contributed by atoms with Gasteiger partial charge >= 0.3 is 0 Å². The van der Waals surface area contributed by atoms with Gasteiger partial charge in [0.1, 0.15) is 0 Å². The van der Waals surface area contributed by atoms with Gasteiger partial charge in [0, 0.05) is 5.41 Å². The Hall–Kier alpha value is -5.98. The van der Waals surface area contributed by atoms with Crippen molar-refractivity contribution in [2.75, 3.05) is 0 Å². The van der Waals surface area contributed by atoms with Gasteiger partial charge in [-0.3, -0.25) is 0 Å².